The Morgan fingerprint density at radius 3 is 2.64 bits per heavy atom. The first-order valence-electron chi connectivity index (χ1n) is 4.99. The lowest BCUT2D eigenvalue weighted by atomic mass is 9.96. The number of aliphatic imine (C=N–C) groups is 2. The van der Waals surface area contributed by atoms with Crippen LogP contribution in [0.4, 0.5) is 0 Å². The van der Waals surface area contributed by atoms with Crippen LogP contribution in [-0.4, -0.2) is 24.7 Å². The van der Waals surface area contributed by atoms with E-state index in [1.54, 1.807) is 12.2 Å². The van der Waals surface area contributed by atoms with Gasteiger partial charge in [-0.1, -0.05) is 0 Å². The van der Waals surface area contributed by atoms with E-state index in [0.717, 1.165) is 5.92 Å². The van der Waals surface area contributed by atoms with E-state index >= 15 is 0 Å². The average molecular weight is 190 g/mol. The van der Waals surface area contributed by atoms with Crippen LogP contribution in [0.1, 0.15) is 6.42 Å². The standard InChI is InChI=1S/C10H10N2O2/c13-3-11-2-7-5-1-6-8(7)9(6)10(5)12-4-14/h5-10H,1-2H2. The molecule has 0 aromatic rings. The van der Waals surface area contributed by atoms with Gasteiger partial charge in [-0.15, -0.1) is 0 Å². The lowest BCUT2D eigenvalue weighted by Gasteiger charge is -2.13. The van der Waals surface area contributed by atoms with Crippen molar-refractivity contribution >= 4 is 12.2 Å². The van der Waals surface area contributed by atoms with Gasteiger partial charge in [0, 0.05) is 0 Å². The van der Waals surface area contributed by atoms with Crippen LogP contribution in [0.25, 0.3) is 0 Å². The SMILES string of the molecule is O=C=NCC1C2CC3C1C3C2N=C=O. The van der Waals surface area contributed by atoms with Crippen molar-refractivity contribution in [3.63, 3.8) is 0 Å². The molecule has 4 nitrogen and oxygen atoms in total. The summed E-state index contributed by atoms with van der Waals surface area (Å²) in [6, 6.07) is 0.189. The minimum atomic E-state index is 0.189. The number of rotatable bonds is 3. The highest BCUT2D eigenvalue weighted by Gasteiger charge is 2.73. The zero-order chi connectivity index (χ0) is 9.71. The normalized spacial score (nSPS) is 50.9. The van der Waals surface area contributed by atoms with Gasteiger partial charge in [0.25, 0.3) is 0 Å². The van der Waals surface area contributed by atoms with Crippen LogP contribution in [0.5, 0.6) is 0 Å². The Morgan fingerprint density at radius 1 is 1.14 bits per heavy atom. The third kappa shape index (κ3) is 0.802. The fourth-order valence-corrected chi connectivity index (χ4v) is 3.92. The molecule has 72 valence electrons. The summed E-state index contributed by atoms with van der Waals surface area (Å²) >= 11 is 0. The average Bonchev–Trinajstić information content (AvgIpc) is 2.54. The van der Waals surface area contributed by atoms with E-state index in [2.05, 4.69) is 9.98 Å². The Morgan fingerprint density at radius 2 is 2.00 bits per heavy atom. The Labute approximate surface area is 81.1 Å². The predicted octanol–water partition coefficient (Wildman–Crippen LogP) is 0.538. The second kappa shape index (κ2) is 2.63. The second-order valence-electron chi connectivity index (χ2n) is 4.52. The number of hydrogen-bond donors (Lipinski definition) is 0. The van der Waals surface area contributed by atoms with E-state index in [1.807, 2.05) is 0 Å². The summed E-state index contributed by atoms with van der Waals surface area (Å²) in [5, 5.41) is 0. The maximum atomic E-state index is 10.2. The molecule has 4 fully saturated rings. The van der Waals surface area contributed by atoms with E-state index in [4.69, 9.17) is 0 Å². The molecule has 14 heavy (non-hydrogen) atoms. The zero-order valence-electron chi connectivity index (χ0n) is 7.59. The van der Waals surface area contributed by atoms with Gasteiger partial charge in [-0.05, 0) is 36.0 Å². The molecule has 0 saturated heterocycles. The number of carbonyl (C=O) groups excluding carboxylic acids is 2. The highest BCUT2D eigenvalue weighted by atomic mass is 16.1. The van der Waals surface area contributed by atoms with E-state index in [9.17, 15) is 9.59 Å². The molecule has 6 atom stereocenters. The summed E-state index contributed by atoms with van der Waals surface area (Å²) in [5.74, 6) is 3.00. The van der Waals surface area contributed by atoms with Crippen LogP contribution in [0.15, 0.2) is 9.98 Å². The number of isocyanates is 2. The molecule has 0 N–H and O–H groups in total. The smallest absolute Gasteiger partial charge is 0.211 e. The summed E-state index contributed by atoms with van der Waals surface area (Å²) < 4.78 is 0. The van der Waals surface area contributed by atoms with Gasteiger partial charge in [0.2, 0.25) is 12.2 Å². The van der Waals surface area contributed by atoms with Crippen LogP contribution in [0.3, 0.4) is 0 Å². The topological polar surface area (TPSA) is 58.9 Å². The first-order chi connectivity index (χ1) is 6.88. The van der Waals surface area contributed by atoms with Crippen molar-refractivity contribution in [3.8, 4) is 0 Å². The van der Waals surface area contributed by atoms with Gasteiger partial charge >= 0.3 is 0 Å². The molecule has 0 aromatic heterocycles. The van der Waals surface area contributed by atoms with Crippen LogP contribution >= 0.6 is 0 Å². The largest absolute Gasteiger partial charge is 0.235 e. The molecule has 0 heterocycles. The lowest BCUT2D eigenvalue weighted by molar-refractivity contribution is 0.395. The Kier molecular flexibility index (Phi) is 1.52. The summed E-state index contributed by atoms with van der Waals surface area (Å²) in [7, 11) is 0. The molecule has 4 aliphatic rings. The highest BCUT2D eigenvalue weighted by Crippen LogP contribution is 2.73. The molecule has 6 unspecified atom stereocenters. The van der Waals surface area contributed by atoms with Crippen molar-refractivity contribution in [1.29, 1.82) is 0 Å². The zero-order valence-corrected chi connectivity index (χ0v) is 7.59. The third-order valence-corrected chi connectivity index (χ3v) is 4.28. The van der Waals surface area contributed by atoms with Crippen LogP contribution in [0, 0.1) is 29.6 Å². The highest BCUT2D eigenvalue weighted by molar-refractivity contribution is 5.37. The summed E-state index contributed by atoms with van der Waals surface area (Å²) in [6.45, 7) is 0.580. The van der Waals surface area contributed by atoms with Crippen molar-refractivity contribution in [3.05, 3.63) is 0 Å². The monoisotopic (exact) mass is 190 g/mol. The van der Waals surface area contributed by atoms with E-state index < -0.39 is 0 Å². The van der Waals surface area contributed by atoms with Gasteiger partial charge in [0.1, 0.15) is 0 Å². The molecular weight excluding hydrogens is 180 g/mol. The minimum Gasteiger partial charge on any atom is -0.211 e. The van der Waals surface area contributed by atoms with Crippen LogP contribution in [0.2, 0.25) is 0 Å². The predicted molar refractivity (Wildman–Crippen MR) is 47.0 cm³/mol. The molecule has 0 spiro atoms. The third-order valence-electron chi connectivity index (χ3n) is 4.28. The molecule has 0 radical (unpaired) electrons. The molecule has 0 aliphatic heterocycles. The number of hydrogen-bond acceptors (Lipinski definition) is 4. The van der Waals surface area contributed by atoms with Crippen molar-refractivity contribution in [2.45, 2.75) is 12.5 Å². The van der Waals surface area contributed by atoms with E-state index in [1.165, 1.54) is 6.42 Å². The quantitative estimate of drug-likeness (QED) is 0.481. The molecule has 4 heteroatoms. The molecule has 0 amide bonds. The van der Waals surface area contributed by atoms with Gasteiger partial charge in [-0.25, -0.2) is 19.6 Å². The molecule has 4 saturated carbocycles. The Hall–Kier alpha value is -1.24. The van der Waals surface area contributed by atoms with Gasteiger partial charge in [0.05, 0.1) is 12.6 Å². The first kappa shape index (κ1) is 8.10. The molecule has 4 bridgehead atoms. The van der Waals surface area contributed by atoms with Crippen molar-refractivity contribution in [2.24, 2.45) is 39.6 Å². The molecule has 4 aliphatic carbocycles. The fraction of sp³-hybridized carbons (Fsp3) is 0.800. The fourth-order valence-electron chi connectivity index (χ4n) is 3.92. The minimum absolute atomic E-state index is 0.189. The van der Waals surface area contributed by atoms with Gasteiger partial charge in [-0.3, -0.25) is 0 Å². The second-order valence-corrected chi connectivity index (χ2v) is 4.52. The molecular formula is C10H10N2O2. The van der Waals surface area contributed by atoms with Gasteiger partial charge < -0.3 is 0 Å². The maximum Gasteiger partial charge on any atom is 0.235 e. The lowest BCUT2D eigenvalue weighted by Crippen LogP contribution is -2.16. The van der Waals surface area contributed by atoms with Gasteiger partial charge in [-0.2, -0.15) is 0 Å². The van der Waals surface area contributed by atoms with Crippen molar-refractivity contribution in [1.82, 2.24) is 0 Å². The Bertz CT molecular complexity index is 368. The summed E-state index contributed by atoms with van der Waals surface area (Å²) in [5.41, 5.74) is 0. The Balaban J connectivity index is 1.81. The van der Waals surface area contributed by atoms with E-state index in [-0.39, 0.29) is 6.04 Å². The summed E-state index contributed by atoms with van der Waals surface area (Å²) in [4.78, 5) is 27.8. The number of nitrogens with zero attached hydrogens (tertiary/aromatic N) is 2. The molecule has 0 aromatic carbocycles. The first-order valence-corrected chi connectivity index (χ1v) is 4.99. The maximum absolute atomic E-state index is 10.2. The van der Waals surface area contributed by atoms with Crippen molar-refractivity contribution < 1.29 is 9.59 Å². The van der Waals surface area contributed by atoms with Gasteiger partial charge in [0.15, 0.2) is 0 Å². The van der Waals surface area contributed by atoms with E-state index in [0.29, 0.717) is 30.2 Å². The molecule has 4 rings (SSSR count). The van der Waals surface area contributed by atoms with Crippen LogP contribution in [-0.2, 0) is 9.59 Å². The van der Waals surface area contributed by atoms with Crippen molar-refractivity contribution in [2.75, 3.05) is 6.54 Å². The van der Waals surface area contributed by atoms with Crippen LogP contribution < -0.4 is 0 Å². The summed E-state index contributed by atoms with van der Waals surface area (Å²) in [6.07, 6.45) is 4.42.